The van der Waals surface area contributed by atoms with Crippen molar-refractivity contribution in [1.29, 1.82) is 0 Å². The second kappa shape index (κ2) is 18.7. The number of anilines is 4. The van der Waals surface area contributed by atoms with Crippen molar-refractivity contribution in [2.75, 3.05) is 17.3 Å². The number of nitrogens with one attached hydrogen (secondary N) is 1. The van der Waals surface area contributed by atoms with Gasteiger partial charge in [0, 0.05) is 47.5 Å². The molecule has 0 unspecified atom stereocenters. The number of para-hydroxylation sites is 2. The van der Waals surface area contributed by atoms with E-state index in [0.29, 0.717) is 0 Å². The van der Waals surface area contributed by atoms with E-state index in [2.05, 4.69) is 283 Å². The highest BCUT2D eigenvalue weighted by Gasteiger charge is 2.25. The van der Waals surface area contributed by atoms with Crippen LogP contribution in [0, 0.1) is 0 Å². The van der Waals surface area contributed by atoms with Gasteiger partial charge >= 0.3 is 0 Å². The molecule has 0 aliphatic rings. The first-order valence-electron chi connectivity index (χ1n) is 26.1. The zero-order valence-electron chi connectivity index (χ0n) is 46.3. The van der Waals surface area contributed by atoms with Gasteiger partial charge in [0.1, 0.15) is 17.3 Å². The number of pyridine rings is 1. The summed E-state index contributed by atoms with van der Waals surface area (Å²) in [5, 5.41) is 6.24. The van der Waals surface area contributed by atoms with E-state index in [4.69, 9.17) is 9.72 Å². The lowest BCUT2D eigenvalue weighted by molar-refractivity contribution is 0.479. The lowest BCUT2D eigenvalue weighted by atomic mass is 9.78. The Balaban J connectivity index is 1.11. The second-order valence-electron chi connectivity index (χ2n) is 25.4. The molecule has 2 aromatic heterocycles. The van der Waals surface area contributed by atoms with Crippen LogP contribution in [0.4, 0.5) is 22.7 Å². The summed E-state index contributed by atoms with van der Waals surface area (Å²) in [5.74, 6) is 2.41. The predicted molar refractivity (Wildman–Crippen MR) is 314 cm³/mol. The first-order chi connectivity index (χ1) is 34.2. The third-order valence-corrected chi connectivity index (χ3v) is 14.4. The maximum atomic E-state index is 7.02. The number of benzene rings is 7. The Bertz CT molecular complexity index is 3450. The summed E-state index contributed by atoms with van der Waals surface area (Å²) in [6.07, 6.45) is 1.94. The van der Waals surface area contributed by atoms with Crippen molar-refractivity contribution in [3.05, 3.63) is 192 Å². The molecule has 0 fully saturated rings. The Hall–Kier alpha value is -7.11. The summed E-state index contributed by atoms with van der Waals surface area (Å²) in [7, 11) is 2.15. The van der Waals surface area contributed by atoms with Gasteiger partial charge in [-0.1, -0.05) is 177 Å². The number of hydrogen-bond donors (Lipinski definition) is 1. The highest BCUT2D eigenvalue weighted by Crippen LogP contribution is 2.43. The van der Waals surface area contributed by atoms with Crippen molar-refractivity contribution in [2.45, 2.75) is 131 Å². The Morgan fingerprint density at radius 2 is 1.01 bits per heavy atom. The smallest absolute Gasteiger partial charge is 0.137 e. The fourth-order valence-corrected chi connectivity index (χ4v) is 9.66. The van der Waals surface area contributed by atoms with Crippen LogP contribution < -0.4 is 15.0 Å². The van der Waals surface area contributed by atoms with Crippen molar-refractivity contribution in [1.82, 2.24) is 9.55 Å². The summed E-state index contributed by atoms with van der Waals surface area (Å²) in [4.78, 5) is 7.27. The van der Waals surface area contributed by atoms with Gasteiger partial charge in [0.15, 0.2) is 0 Å². The average molecular weight is 965 g/mol. The maximum Gasteiger partial charge on any atom is 0.137 e. The molecule has 0 spiro atoms. The Labute approximate surface area is 436 Å². The van der Waals surface area contributed by atoms with Crippen molar-refractivity contribution < 1.29 is 4.74 Å². The highest BCUT2D eigenvalue weighted by molar-refractivity contribution is 6.10. The molecule has 0 radical (unpaired) electrons. The standard InChI is InChI=1S/C68H76N4O/c1-64(2,3)48-30-31-69-63(41-48)72-60-29-26-45(44-22-18-17-19-23-44)36-58(60)57-28-27-55(43-62(57)72)73-56-40-52(68(13,14)15)39-54(42-56)71(16)61-25-21-20-24-59(61)70-53-35-47(34-51(38-53)67(10,11)12)46-32-49(65(4,5)6)37-50(33-46)66(7,8)9/h17-43,70H,1-16H3. The number of ether oxygens (including phenoxy) is 1. The SMILES string of the molecule is CN(c1cc(Oc2ccc3c4cc(-c5ccccc5)ccc4n(-c4cc(C(C)(C)C)ccn4)c3c2)cc(C(C)(C)C)c1)c1ccccc1Nc1cc(-c2cc(C(C)(C)C)cc(C(C)(C)C)c2)cc(C(C)(C)C)c1. The molecule has 0 atom stereocenters. The molecule has 7 aromatic carbocycles. The number of fused-ring (bicyclic) bond motifs is 3. The molecule has 0 aliphatic heterocycles. The summed E-state index contributed by atoms with van der Waals surface area (Å²) in [6, 6.07) is 57.7. The van der Waals surface area contributed by atoms with Crippen LogP contribution in [0.3, 0.4) is 0 Å². The minimum absolute atomic E-state index is 0.0109. The Morgan fingerprint density at radius 3 is 1.66 bits per heavy atom. The number of rotatable bonds is 9. The van der Waals surface area contributed by atoms with Gasteiger partial charge in [0.05, 0.1) is 22.4 Å². The van der Waals surface area contributed by atoms with Crippen LogP contribution in [0.5, 0.6) is 11.5 Å². The highest BCUT2D eigenvalue weighted by atomic mass is 16.5. The van der Waals surface area contributed by atoms with Gasteiger partial charge in [0.2, 0.25) is 0 Å². The van der Waals surface area contributed by atoms with Gasteiger partial charge in [-0.05, 0) is 150 Å². The van der Waals surface area contributed by atoms with Crippen LogP contribution in [0.15, 0.2) is 164 Å². The monoisotopic (exact) mass is 965 g/mol. The molecule has 5 nitrogen and oxygen atoms in total. The van der Waals surface area contributed by atoms with Crippen LogP contribution in [-0.4, -0.2) is 16.6 Å². The third kappa shape index (κ3) is 10.8. The molecule has 0 aliphatic carbocycles. The minimum Gasteiger partial charge on any atom is -0.457 e. The van der Waals surface area contributed by atoms with Gasteiger partial charge in [-0.25, -0.2) is 4.98 Å². The molecule has 9 rings (SSSR count). The second-order valence-corrected chi connectivity index (χ2v) is 25.4. The van der Waals surface area contributed by atoms with Gasteiger partial charge < -0.3 is 15.0 Å². The predicted octanol–water partition coefficient (Wildman–Crippen LogP) is 19.3. The molecular formula is C68H76N4O. The summed E-state index contributed by atoms with van der Waals surface area (Å²) in [5.41, 5.74) is 17.3. The molecule has 374 valence electrons. The summed E-state index contributed by atoms with van der Waals surface area (Å²) < 4.78 is 9.31. The summed E-state index contributed by atoms with van der Waals surface area (Å²) >= 11 is 0. The fourth-order valence-electron chi connectivity index (χ4n) is 9.66. The quantitative estimate of drug-likeness (QED) is 0.157. The van der Waals surface area contributed by atoms with Crippen molar-refractivity contribution in [3.8, 4) is 39.6 Å². The fraction of sp³-hybridized carbons (Fsp3) is 0.309. The van der Waals surface area contributed by atoms with Crippen molar-refractivity contribution >= 4 is 44.6 Å². The molecule has 0 amide bonds. The van der Waals surface area contributed by atoms with Crippen LogP contribution >= 0.6 is 0 Å². The molecule has 73 heavy (non-hydrogen) atoms. The van der Waals surface area contributed by atoms with Gasteiger partial charge in [-0.3, -0.25) is 4.57 Å². The first-order valence-corrected chi connectivity index (χ1v) is 26.1. The molecule has 2 heterocycles. The first kappa shape index (κ1) is 50.8. The molecule has 5 heteroatoms. The minimum atomic E-state index is -0.149. The van der Waals surface area contributed by atoms with Crippen molar-refractivity contribution in [3.63, 3.8) is 0 Å². The molecule has 0 bridgehead atoms. The lowest BCUT2D eigenvalue weighted by Gasteiger charge is -2.28. The van der Waals surface area contributed by atoms with E-state index in [-0.39, 0.29) is 27.1 Å². The third-order valence-electron chi connectivity index (χ3n) is 14.4. The van der Waals surface area contributed by atoms with Crippen LogP contribution in [0.2, 0.25) is 0 Å². The Kier molecular flexibility index (Phi) is 13.0. The number of nitrogens with zero attached hydrogens (tertiary/aromatic N) is 3. The zero-order chi connectivity index (χ0) is 52.4. The number of hydrogen-bond acceptors (Lipinski definition) is 4. The average Bonchev–Trinajstić information content (AvgIpc) is 3.65. The van der Waals surface area contributed by atoms with Crippen molar-refractivity contribution in [2.24, 2.45) is 0 Å². The van der Waals surface area contributed by atoms with E-state index in [1.165, 1.54) is 55.5 Å². The van der Waals surface area contributed by atoms with E-state index in [1.54, 1.807) is 0 Å². The normalized spacial score (nSPS) is 12.7. The molecular weight excluding hydrogens is 889 g/mol. The molecule has 0 saturated heterocycles. The summed E-state index contributed by atoms with van der Waals surface area (Å²) in [6.45, 7) is 34.3. The lowest BCUT2D eigenvalue weighted by Crippen LogP contribution is -2.17. The molecule has 9 aromatic rings. The molecule has 1 N–H and O–H groups in total. The van der Waals surface area contributed by atoms with Crippen LogP contribution in [0.1, 0.15) is 132 Å². The molecule has 0 saturated carbocycles. The number of aromatic nitrogens is 2. The van der Waals surface area contributed by atoms with E-state index in [9.17, 15) is 0 Å². The van der Waals surface area contributed by atoms with E-state index in [0.717, 1.165) is 56.5 Å². The topological polar surface area (TPSA) is 42.3 Å². The van der Waals surface area contributed by atoms with E-state index >= 15 is 0 Å². The largest absolute Gasteiger partial charge is 0.457 e. The van der Waals surface area contributed by atoms with Crippen LogP contribution in [-0.2, 0) is 27.1 Å². The van der Waals surface area contributed by atoms with Gasteiger partial charge in [0.25, 0.3) is 0 Å². The Morgan fingerprint density at radius 1 is 0.425 bits per heavy atom. The van der Waals surface area contributed by atoms with E-state index < -0.39 is 0 Å². The maximum absolute atomic E-state index is 7.02. The van der Waals surface area contributed by atoms with Crippen LogP contribution in [0.25, 0.3) is 49.9 Å². The zero-order valence-corrected chi connectivity index (χ0v) is 46.3. The van der Waals surface area contributed by atoms with Gasteiger partial charge in [-0.2, -0.15) is 0 Å². The van der Waals surface area contributed by atoms with E-state index in [1.807, 2.05) is 6.20 Å². The van der Waals surface area contributed by atoms with Gasteiger partial charge in [-0.15, -0.1) is 0 Å².